The topological polar surface area (TPSA) is 50.5 Å². The SMILES string of the molecule is COc1ccc(Br)cc1-c1nc(CN[C@@H]2CCN(Cc3ccccc3)C2)co1. The lowest BCUT2D eigenvalue weighted by molar-refractivity contribution is 0.319. The summed E-state index contributed by atoms with van der Waals surface area (Å²) in [6.45, 7) is 3.88. The van der Waals surface area contributed by atoms with Crippen LogP contribution in [0.3, 0.4) is 0 Å². The summed E-state index contributed by atoms with van der Waals surface area (Å²) < 4.78 is 12.1. The molecule has 2 heterocycles. The number of ether oxygens (including phenoxy) is 1. The maximum atomic E-state index is 5.70. The van der Waals surface area contributed by atoms with Crippen molar-refractivity contribution in [3.8, 4) is 17.2 Å². The van der Waals surface area contributed by atoms with Crippen LogP contribution in [0.2, 0.25) is 0 Å². The molecule has 1 aliphatic heterocycles. The van der Waals surface area contributed by atoms with Gasteiger partial charge in [0, 0.05) is 36.7 Å². The maximum absolute atomic E-state index is 5.70. The first kappa shape index (κ1) is 19.2. The van der Waals surface area contributed by atoms with E-state index in [0.29, 0.717) is 18.5 Å². The number of rotatable bonds is 7. The third kappa shape index (κ3) is 4.63. The van der Waals surface area contributed by atoms with Crippen molar-refractivity contribution in [3.63, 3.8) is 0 Å². The molecular formula is C22H24BrN3O2. The summed E-state index contributed by atoms with van der Waals surface area (Å²) in [5.74, 6) is 1.32. The summed E-state index contributed by atoms with van der Waals surface area (Å²) >= 11 is 3.49. The van der Waals surface area contributed by atoms with Crippen molar-refractivity contribution in [2.45, 2.75) is 25.6 Å². The third-order valence-electron chi connectivity index (χ3n) is 5.04. The van der Waals surface area contributed by atoms with Gasteiger partial charge in [-0.15, -0.1) is 0 Å². The molecule has 2 aromatic carbocycles. The molecule has 0 saturated carbocycles. The predicted molar refractivity (Wildman–Crippen MR) is 113 cm³/mol. The van der Waals surface area contributed by atoms with Crippen LogP contribution in [0.4, 0.5) is 0 Å². The minimum absolute atomic E-state index is 0.476. The minimum atomic E-state index is 0.476. The van der Waals surface area contributed by atoms with Gasteiger partial charge in [-0.1, -0.05) is 46.3 Å². The van der Waals surface area contributed by atoms with Gasteiger partial charge >= 0.3 is 0 Å². The van der Waals surface area contributed by atoms with E-state index in [1.54, 1.807) is 13.4 Å². The van der Waals surface area contributed by atoms with Crippen molar-refractivity contribution in [1.82, 2.24) is 15.2 Å². The van der Waals surface area contributed by atoms with Gasteiger partial charge in [-0.2, -0.15) is 0 Å². The van der Waals surface area contributed by atoms with E-state index in [1.165, 1.54) is 5.56 Å². The average molecular weight is 442 g/mol. The van der Waals surface area contributed by atoms with E-state index in [1.807, 2.05) is 18.2 Å². The molecule has 1 aromatic heterocycles. The Morgan fingerprint density at radius 3 is 2.93 bits per heavy atom. The number of nitrogens with one attached hydrogen (secondary N) is 1. The number of nitrogens with zero attached hydrogens (tertiary/aromatic N) is 2. The number of benzene rings is 2. The molecule has 0 amide bonds. The predicted octanol–water partition coefficient (Wildman–Crippen LogP) is 4.48. The van der Waals surface area contributed by atoms with Gasteiger partial charge in [0.15, 0.2) is 0 Å². The van der Waals surface area contributed by atoms with Gasteiger partial charge in [-0.25, -0.2) is 4.98 Å². The molecule has 0 aliphatic carbocycles. The molecule has 1 aliphatic rings. The molecule has 0 unspecified atom stereocenters. The summed E-state index contributed by atoms with van der Waals surface area (Å²) in [6, 6.07) is 16.9. The van der Waals surface area contributed by atoms with Crippen LogP contribution in [0.5, 0.6) is 5.75 Å². The number of methoxy groups -OCH3 is 1. The van der Waals surface area contributed by atoms with Crippen molar-refractivity contribution < 1.29 is 9.15 Å². The number of hydrogen-bond acceptors (Lipinski definition) is 5. The van der Waals surface area contributed by atoms with Crippen molar-refractivity contribution in [3.05, 3.63) is 70.5 Å². The van der Waals surface area contributed by atoms with Crippen LogP contribution >= 0.6 is 15.9 Å². The molecule has 0 bridgehead atoms. The van der Waals surface area contributed by atoms with Crippen LogP contribution in [0.25, 0.3) is 11.5 Å². The number of oxazole rings is 1. The van der Waals surface area contributed by atoms with Crippen molar-refractivity contribution >= 4 is 15.9 Å². The highest BCUT2D eigenvalue weighted by Gasteiger charge is 2.22. The molecule has 146 valence electrons. The van der Waals surface area contributed by atoms with E-state index in [9.17, 15) is 0 Å². The Balaban J connectivity index is 1.32. The molecule has 1 saturated heterocycles. The fraction of sp³-hybridized carbons (Fsp3) is 0.318. The Labute approximate surface area is 173 Å². The second-order valence-corrected chi connectivity index (χ2v) is 7.99. The van der Waals surface area contributed by atoms with E-state index >= 15 is 0 Å². The smallest absolute Gasteiger partial charge is 0.229 e. The lowest BCUT2D eigenvalue weighted by Gasteiger charge is -2.16. The maximum Gasteiger partial charge on any atom is 0.229 e. The molecule has 1 N–H and O–H groups in total. The summed E-state index contributed by atoms with van der Waals surface area (Å²) in [7, 11) is 1.65. The van der Waals surface area contributed by atoms with Gasteiger partial charge < -0.3 is 14.5 Å². The van der Waals surface area contributed by atoms with Crippen LogP contribution in [0.15, 0.2) is 63.7 Å². The monoisotopic (exact) mass is 441 g/mol. The molecule has 28 heavy (non-hydrogen) atoms. The number of likely N-dealkylation sites (tertiary alicyclic amines) is 1. The first-order valence-electron chi connectivity index (χ1n) is 9.49. The van der Waals surface area contributed by atoms with Gasteiger partial charge in [0.25, 0.3) is 0 Å². The summed E-state index contributed by atoms with van der Waals surface area (Å²) in [5, 5.41) is 3.61. The molecular weight excluding hydrogens is 418 g/mol. The average Bonchev–Trinajstić information content (AvgIpc) is 3.36. The van der Waals surface area contributed by atoms with E-state index < -0.39 is 0 Å². The zero-order valence-electron chi connectivity index (χ0n) is 15.9. The molecule has 5 nitrogen and oxygen atoms in total. The second kappa shape index (κ2) is 8.90. The normalized spacial score (nSPS) is 17.1. The molecule has 4 rings (SSSR count). The molecule has 1 fully saturated rings. The van der Waals surface area contributed by atoms with Crippen LogP contribution in [0.1, 0.15) is 17.7 Å². The van der Waals surface area contributed by atoms with Crippen LogP contribution in [-0.2, 0) is 13.1 Å². The molecule has 6 heteroatoms. The fourth-order valence-electron chi connectivity index (χ4n) is 3.59. The highest BCUT2D eigenvalue weighted by atomic mass is 79.9. The van der Waals surface area contributed by atoms with Gasteiger partial charge in [0.05, 0.1) is 18.4 Å². The van der Waals surface area contributed by atoms with Crippen molar-refractivity contribution in [2.75, 3.05) is 20.2 Å². The highest BCUT2D eigenvalue weighted by molar-refractivity contribution is 9.10. The molecule has 3 aromatic rings. The number of aromatic nitrogens is 1. The second-order valence-electron chi connectivity index (χ2n) is 7.08. The van der Waals surface area contributed by atoms with Crippen LogP contribution < -0.4 is 10.1 Å². The Bertz CT molecular complexity index is 913. The molecule has 1 atom stereocenters. The lowest BCUT2D eigenvalue weighted by atomic mass is 10.2. The molecule has 0 spiro atoms. The Kier molecular flexibility index (Phi) is 6.10. The Hall–Kier alpha value is -2.15. The number of hydrogen-bond donors (Lipinski definition) is 1. The summed E-state index contributed by atoms with van der Waals surface area (Å²) in [4.78, 5) is 7.13. The zero-order chi connectivity index (χ0) is 19.3. The number of halogens is 1. The van der Waals surface area contributed by atoms with E-state index in [4.69, 9.17) is 9.15 Å². The standard InChI is InChI=1S/C22H24BrN3O2/c1-27-21-8-7-17(23)11-20(21)22-25-19(15-28-22)12-24-18-9-10-26(14-18)13-16-5-3-2-4-6-16/h2-8,11,15,18,24H,9-10,12-14H2,1H3/t18-/m1/s1. The summed E-state index contributed by atoms with van der Waals surface area (Å²) in [5.41, 5.74) is 3.11. The van der Waals surface area contributed by atoms with Gasteiger partial charge in [-0.3, -0.25) is 4.90 Å². The minimum Gasteiger partial charge on any atom is -0.496 e. The van der Waals surface area contributed by atoms with Gasteiger partial charge in [-0.05, 0) is 30.2 Å². The fourth-order valence-corrected chi connectivity index (χ4v) is 3.95. The summed E-state index contributed by atoms with van der Waals surface area (Å²) in [6.07, 6.45) is 2.87. The van der Waals surface area contributed by atoms with Crippen molar-refractivity contribution in [1.29, 1.82) is 0 Å². The first-order chi connectivity index (χ1) is 13.7. The Morgan fingerprint density at radius 1 is 1.25 bits per heavy atom. The lowest BCUT2D eigenvalue weighted by Crippen LogP contribution is -2.32. The largest absolute Gasteiger partial charge is 0.496 e. The van der Waals surface area contributed by atoms with Crippen LogP contribution in [0, 0.1) is 0 Å². The van der Waals surface area contributed by atoms with Gasteiger partial charge in [0.1, 0.15) is 12.0 Å². The van der Waals surface area contributed by atoms with Gasteiger partial charge in [0.2, 0.25) is 5.89 Å². The first-order valence-corrected chi connectivity index (χ1v) is 10.3. The quantitative estimate of drug-likeness (QED) is 0.585. The third-order valence-corrected chi connectivity index (χ3v) is 5.53. The Morgan fingerprint density at radius 2 is 2.11 bits per heavy atom. The van der Waals surface area contributed by atoms with Crippen LogP contribution in [-0.4, -0.2) is 36.1 Å². The highest BCUT2D eigenvalue weighted by Crippen LogP contribution is 2.32. The van der Waals surface area contributed by atoms with E-state index in [-0.39, 0.29) is 0 Å². The molecule has 0 radical (unpaired) electrons. The van der Waals surface area contributed by atoms with E-state index in [0.717, 1.165) is 47.5 Å². The van der Waals surface area contributed by atoms with E-state index in [2.05, 4.69) is 61.5 Å². The van der Waals surface area contributed by atoms with Crippen molar-refractivity contribution in [2.24, 2.45) is 0 Å². The zero-order valence-corrected chi connectivity index (χ0v) is 17.5.